The van der Waals surface area contributed by atoms with Crippen molar-refractivity contribution in [1.82, 2.24) is 4.57 Å². The number of rotatable bonds is 4. The first-order chi connectivity index (χ1) is 10.1. The fraction of sp³-hybridized carbons (Fsp3) is 0.200. The number of carbonyl (C=O) groups excluding carboxylic acids is 1. The van der Waals surface area contributed by atoms with Gasteiger partial charge >= 0.3 is 0 Å². The van der Waals surface area contributed by atoms with Crippen molar-refractivity contribution in [2.24, 2.45) is 0 Å². The van der Waals surface area contributed by atoms with Crippen molar-refractivity contribution in [2.45, 2.75) is 13.0 Å². The lowest BCUT2D eigenvalue weighted by Gasteiger charge is -2.16. The van der Waals surface area contributed by atoms with Gasteiger partial charge in [0, 0.05) is 12.3 Å². The lowest BCUT2D eigenvalue weighted by Crippen LogP contribution is -2.24. The zero-order valence-electron chi connectivity index (χ0n) is 11.8. The van der Waals surface area contributed by atoms with E-state index in [0.717, 1.165) is 0 Å². The number of anilines is 2. The average Bonchev–Trinajstić information content (AvgIpc) is 2.96. The zero-order chi connectivity index (χ0) is 15.4. The van der Waals surface area contributed by atoms with Gasteiger partial charge in [-0.3, -0.25) is 4.79 Å². The van der Waals surface area contributed by atoms with E-state index in [1.54, 1.807) is 55.1 Å². The summed E-state index contributed by atoms with van der Waals surface area (Å²) in [5.41, 5.74) is 7.23. The number of nitrogens with two attached hydrogens (primary N) is 1. The number of carbonyl (C=O) groups is 1. The predicted octanol–water partition coefficient (Wildman–Crippen LogP) is 2.15. The lowest BCUT2D eigenvalue weighted by molar-refractivity contribution is -0.118. The Kier molecular flexibility index (Phi) is 4.14. The first-order valence-corrected chi connectivity index (χ1v) is 6.38. The number of methoxy groups -OCH3 is 1. The van der Waals surface area contributed by atoms with Crippen molar-refractivity contribution < 1.29 is 9.53 Å². The monoisotopic (exact) mass is 284 g/mol. The summed E-state index contributed by atoms with van der Waals surface area (Å²) in [6.45, 7) is 1.72. The molecule has 0 spiro atoms. The van der Waals surface area contributed by atoms with Crippen molar-refractivity contribution >= 4 is 17.3 Å². The Hall–Kier alpha value is -2.94. The molecule has 1 heterocycles. The quantitative estimate of drug-likeness (QED) is 0.841. The molecule has 0 saturated carbocycles. The van der Waals surface area contributed by atoms with Crippen molar-refractivity contribution in [1.29, 1.82) is 5.26 Å². The summed E-state index contributed by atoms with van der Waals surface area (Å²) < 4.78 is 6.66. The number of nitrogens with one attached hydrogen (secondary N) is 1. The molecule has 0 radical (unpaired) electrons. The Morgan fingerprint density at radius 1 is 1.48 bits per heavy atom. The van der Waals surface area contributed by atoms with E-state index in [0.29, 0.717) is 22.8 Å². The van der Waals surface area contributed by atoms with E-state index in [1.165, 1.54) is 0 Å². The Bertz CT molecular complexity index is 700. The van der Waals surface area contributed by atoms with Crippen LogP contribution in [-0.2, 0) is 4.79 Å². The van der Waals surface area contributed by atoms with Gasteiger partial charge in [0.05, 0.1) is 18.5 Å². The minimum absolute atomic E-state index is 0.250. The molecule has 1 aromatic heterocycles. The van der Waals surface area contributed by atoms with Crippen molar-refractivity contribution in [3.05, 3.63) is 42.2 Å². The van der Waals surface area contributed by atoms with Gasteiger partial charge in [0.15, 0.2) is 0 Å². The van der Waals surface area contributed by atoms with Crippen LogP contribution < -0.4 is 15.8 Å². The van der Waals surface area contributed by atoms with Crippen LogP contribution in [0.3, 0.4) is 0 Å². The zero-order valence-corrected chi connectivity index (χ0v) is 11.8. The molecule has 0 bridgehead atoms. The largest absolute Gasteiger partial charge is 0.497 e. The number of hydrogen-bond donors (Lipinski definition) is 2. The standard InChI is InChI=1S/C15H16N4O2/c1-10(19-7-3-4-11(19)9-16)15(20)18-14-6-5-12(21-2)8-13(14)17/h3-8,10H,17H2,1-2H3,(H,18,20). The molecule has 0 aliphatic carbocycles. The van der Waals surface area contributed by atoms with E-state index in [2.05, 4.69) is 5.32 Å². The van der Waals surface area contributed by atoms with Gasteiger partial charge in [-0.25, -0.2) is 0 Å². The maximum absolute atomic E-state index is 12.3. The second-order valence-electron chi connectivity index (χ2n) is 4.53. The Labute approximate surface area is 122 Å². The number of nitrogens with zero attached hydrogens (tertiary/aromatic N) is 2. The Morgan fingerprint density at radius 2 is 2.24 bits per heavy atom. The maximum Gasteiger partial charge on any atom is 0.247 e. The predicted molar refractivity (Wildman–Crippen MR) is 79.9 cm³/mol. The third kappa shape index (κ3) is 2.98. The highest BCUT2D eigenvalue weighted by Gasteiger charge is 2.17. The van der Waals surface area contributed by atoms with Gasteiger partial charge in [0.1, 0.15) is 23.6 Å². The molecule has 2 rings (SSSR count). The lowest BCUT2D eigenvalue weighted by atomic mass is 10.2. The smallest absolute Gasteiger partial charge is 0.247 e. The number of benzene rings is 1. The molecule has 0 fully saturated rings. The third-order valence-electron chi connectivity index (χ3n) is 3.21. The summed E-state index contributed by atoms with van der Waals surface area (Å²) in [7, 11) is 1.55. The summed E-state index contributed by atoms with van der Waals surface area (Å²) in [4.78, 5) is 12.3. The highest BCUT2D eigenvalue weighted by molar-refractivity contribution is 5.96. The van der Waals surface area contributed by atoms with Gasteiger partial charge in [-0.2, -0.15) is 5.26 Å². The molecule has 1 unspecified atom stereocenters. The molecule has 6 heteroatoms. The molecular formula is C15H16N4O2. The van der Waals surface area contributed by atoms with Crippen LogP contribution in [0.1, 0.15) is 18.7 Å². The molecule has 3 N–H and O–H groups in total. The minimum Gasteiger partial charge on any atom is -0.497 e. The molecule has 21 heavy (non-hydrogen) atoms. The second kappa shape index (κ2) is 6.01. The molecule has 0 aliphatic rings. The molecule has 6 nitrogen and oxygen atoms in total. The van der Waals surface area contributed by atoms with Crippen LogP contribution in [0.2, 0.25) is 0 Å². The van der Waals surface area contributed by atoms with Gasteiger partial charge in [0.25, 0.3) is 0 Å². The summed E-state index contributed by atoms with van der Waals surface area (Å²) in [6, 6.07) is 9.94. The average molecular weight is 284 g/mol. The third-order valence-corrected chi connectivity index (χ3v) is 3.21. The van der Waals surface area contributed by atoms with Gasteiger partial charge in [-0.1, -0.05) is 0 Å². The van der Waals surface area contributed by atoms with E-state index in [-0.39, 0.29) is 5.91 Å². The number of amides is 1. The van der Waals surface area contributed by atoms with Crippen molar-refractivity contribution in [3.8, 4) is 11.8 Å². The normalized spacial score (nSPS) is 11.5. The van der Waals surface area contributed by atoms with Crippen LogP contribution in [0.5, 0.6) is 5.75 Å². The van der Waals surface area contributed by atoms with E-state index >= 15 is 0 Å². The van der Waals surface area contributed by atoms with Crippen LogP contribution in [0, 0.1) is 11.3 Å². The number of aromatic nitrogens is 1. The summed E-state index contributed by atoms with van der Waals surface area (Å²) in [6.07, 6.45) is 1.69. The van der Waals surface area contributed by atoms with E-state index in [1.807, 2.05) is 6.07 Å². The van der Waals surface area contributed by atoms with Crippen LogP contribution >= 0.6 is 0 Å². The SMILES string of the molecule is COc1ccc(NC(=O)C(C)n2cccc2C#N)c(N)c1. The van der Waals surface area contributed by atoms with Gasteiger partial charge in [-0.05, 0) is 31.2 Å². The Balaban J connectivity index is 2.17. The van der Waals surface area contributed by atoms with Gasteiger partial charge < -0.3 is 20.4 Å². The molecule has 1 atom stereocenters. The van der Waals surface area contributed by atoms with E-state index in [4.69, 9.17) is 15.7 Å². The topological polar surface area (TPSA) is 93.1 Å². The van der Waals surface area contributed by atoms with Crippen LogP contribution in [0.4, 0.5) is 11.4 Å². The molecule has 0 saturated heterocycles. The molecule has 1 amide bonds. The number of nitrogen functional groups attached to an aromatic ring is 1. The molecule has 1 aromatic carbocycles. The second-order valence-corrected chi connectivity index (χ2v) is 4.53. The van der Waals surface area contributed by atoms with E-state index in [9.17, 15) is 4.79 Å². The number of hydrogen-bond acceptors (Lipinski definition) is 4. The summed E-state index contributed by atoms with van der Waals surface area (Å²) in [5, 5.41) is 11.7. The highest BCUT2D eigenvalue weighted by atomic mass is 16.5. The first kappa shape index (κ1) is 14.5. The minimum atomic E-state index is -0.517. The first-order valence-electron chi connectivity index (χ1n) is 6.38. The van der Waals surface area contributed by atoms with Gasteiger partial charge in [0.2, 0.25) is 5.91 Å². The van der Waals surface area contributed by atoms with Crippen LogP contribution in [0.15, 0.2) is 36.5 Å². The van der Waals surface area contributed by atoms with Crippen LogP contribution in [0.25, 0.3) is 0 Å². The van der Waals surface area contributed by atoms with Crippen LogP contribution in [-0.4, -0.2) is 17.6 Å². The summed E-state index contributed by atoms with van der Waals surface area (Å²) >= 11 is 0. The van der Waals surface area contributed by atoms with E-state index < -0.39 is 6.04 Å². The highest BCUT2D eigenvalue weighted by Crippen LogP contribution is 2.25. The molecule has 0 aliphatic heterocycles. The molecule has 2 aromatic rings. The summed E-state index contributed by atoms with van der Waals surface area (Å²) in [5.74, 6) is 0.371. The maximum atomic E-state index is 12.3. The molecular weight excluding hydrogens is 268 g/mol. The molecule has 108 valence electrons. The number of ether oxygens (including phenoxy) is 1. The fourth-order valence-electron chi connectivity index (χ4n) is 1.97. The fourth-order valence-corrected chi connectivity index (χ4v) is 1.97. The van der Waals surface area contributed by atoms with Crippen molar-refractivity contribution in [3.63, 3.8) is 0 Å². The Morgan fingerprint density at radius 3 is 2.86 bits per heavy atom. The van der Waals surface area contributed by atoms with Crippen molar-refractivity contribution in [2.75, 3.05) is 18.2 Å². The van der Waals surface area contributed by atoms with Gasteiger partial charge in [-0.15, -0.1) is 0 Å². The number of nitriles is 1.